The molecule has 0 bridgehead atoms. The Labute approximate surface area is 113 Å². The number of rotatable bonds is 2. The highest BCUT2D eigenvalue weighted by molar-refractivity contribution is 5.78. The van der Waals surface area contributed by atoms with Gasteiger partial charge < -0.3 is 14.4 Å². The lowest BCUT2D eigenvalue weighted by Crippen LogP contribution is -2.62. The lowest BCUT2D eigenvalue weighted by molar-refractivity contribution is -0.118. The third-order valence-corrected chi connectivity index (χ3v) is 3.17. The Morgan fingerprint density at radius 1 is 1.26 bits per heavy atom. The van der Waals surface area contributed by atoms with Crippen LogP contribution in [0.3, 0.4) is 0 Å². The summed E-state index contributed by atoms with van der Waals surface area (Å²) in [6, 6.07) is 9.54. The summed E-state index contributed by atoms with van der Waals surface area (Å²) in [7, 11) is 0. The molecule has 0 atom stereocenters. The molecule has 1 aliphatic rings. The SMILES string of the molecule is CC(C)(C)OC(=O)N1CC(C=O)(c2ccccc2)C1. The topological polar surface area (TPSA) is 46.6 Å². The van der Waals surface area contributed by atoms with Crippen LogP contribution in [0.5, 0.6) is 0 Å². The summed E-state index contributed by atoms with van der Waals surface area (Å²) in [5, 5.41) is 0. The van der Waals surface area contributed by atoms with Gasteiger partial charge >= 0.3 is 6.09 Å². The van der Waals surface area contributed by atoms with Crippen molar-refractivity contribution < 1.29 is 14.3 Å². The number of nitrogens with zero attached hydrogens (tertiary/aromatic N) is 1. The molecule has 0 aromatic heterocycles. The highest BCUT2D eigenvalue weighted by atomic mass is 16.6. The largest absolute Gasteiger partial charge is 0.444 e. The van der Waals surface area contributed by atoms with E-state index in [1.165, 1.54) is 0 Å². The van der Waals surface area contributed by atoms with Gasteiger partial charge in [0.25, 0.3) is 0 Å². The van der Waals surface area contributed by atoms with Gasteiger partial charge in [0.1, 0.15) is 11.9 Å². The van der Waals surface area contributed by atoms with Gasteiger partial charge in [0, 0.05) is 13.1 Å². The number of hydrogen-bond acceptors (Lipinski definition) is 3. The zero-order chi connectivity index (χ0) is 14.1. The van der Waals surface area contributed by atoms with E-state index in [2.05, 4.69) is 0 Å². The molecule has 1 amide bonds. The number of carbonyl (C=O) groups is 2. The van der Waals surface area contributed by atoms with E-state index in [0.717, 1.165) is 11.8 Å². The lowest BCUT2D eigenvalue weighted by atomic mass is 9.75. The second kappa shape index (κ2) is 4.68. The molecule has 0 N–H and O–H groups in total. The number of likely N-dealkylation sites (tertiary alicyclic amines) is 1. The number of ether oxygens (including phenoxy) is 1. The minimum absolute atomic E-state index is 0.360. The number of aldehydes is 1. The summed E-state index contributed by atoms with van der Waals surface area (Å²) in [4.78, 5) is 24.8. The molecule has 0 spiro atoms. The Bertz CT molecular complexity index is 470. The van der Waals surface area contributed by atoms with Gasteiger partial charge in [0.05, 0.1) is 5.41 Å². The van der Waals surface area contributed by atoms with Crippen LogP contribution in [-0.4, -0.2) is 36.0 Å². The normalized spacial score (nSPS) is 17.5. The van der Waals surface area contributed by atoms with Crippen LogP contribution in [0.15, 0.2) is 30.3 Å². The Morgan fingerprint density at radius 3 is 2.32 bits per heavy atom. The summed E-state index contributed by atoms with van der Waals surface area (Å²) in [5.41, 5.74) is -0.133. The zero-order valence-corrected chi connectivity index (χ0v) is 11.6. The van der Waals surface area contributed by atoms with Crippen molar-refractivity contribution in [2.45, 2.75) is 31.8 Å². The molecule has 4 heteroatoms. The van der Waals surface area contributed by atoms with Gasteiger partial charge in [-0.3, -0.25) is 0 Å². The van der Waals surface area contributed by atoms with Crippen LogP contribution in [-0.2, 0) is 14.9 Å². The molecule has 2 rings (SSSR count). The van der Waals surface area contributed by atoms with Crippen molar-refractivity contribution >= 4 is 12.4 Å². The molecule has 1 heterocycles. The molecule has 1 aromatic carbocycles. The van der Waals surface area contributed by atoms with Gasteiger partial charge in [-0.15, -0.1) is 0 Å². The highest BCUT2D eigenvalue weighted by Gasteiger charge is 2.47. The van der Waals surface area contributed by atoms with E-state index in [-0.39, 0.29) is 6.09 Å². The first-order valence-electron chi connectivity index (χ1n) is 6.36. The molecule has 1 aliphatic heterocycles. The first kappa shape index (κ1) is 13.6. The van der Waals surface area contributed by atoms with Crippen LogP contribution in [0.2, 0.25) is 0 Å². The van der Waals surface area contributed by atoms with E-state index in [9.17, 15) is 9.59 Å². The number of benzene rings is 1. The number of carbonyl (C=O) groups excluding carboxylic acids is 2. The van der Waals surface area contributed by atoms with Crippen LogP contribution in [0.1, 0.15) is 26.3 Å². The van der Waals surface area contributed by atoms with Crippen molar-refractivity contribution in [1.29, 1.82) is 0 Å². The van der Waals surface area contributed by atoms with Crippen LogP contribution in [0.25, 0.3) is 0 Å². The van der Waals surface area contributed by atoms with E-state index in [0.29, 0.717) is 13.1 Å². The fourth-order valence-electron chi connectivity index (χ4n) is 2.19. The monoisotopic (exact) mass is 261 g/mol. The van der Waals surface area contributed by atoms with Crippen LogP contribution >= 0.6 is 0 Å². The maximum Gasteiger partial charge on any atom is 0.410 e. The summed E-state index contributed by atoms with van der Waals surface area (Å²) in [6.45, 7) is 6.25. The molecular weight excluding hydrogens is 242 g/mol. The van der Waals surface area contributed by atoms with E-state index >= 15 is 0 Å². The second-order valence-corrected chi connectivity index (χ2v) is 5.98. The third-order valence-electron chi connectivity index (χ3n) is 3.17. The molecule has 0 radical (unpaired) electrons. The summed E-state index contributed by atoms with van der Waals surface area (Å²) >= 11 is 0. The van der Waals surface area contributed by atoms with Gasteiger partial charge in [-0.25, -0.2) is 4.79 Å². The smallest absolute Gasteiger partial charge is 0.410 e. The predicted octanol–water partition coefficient (Wildman–Crippen LogP) is 2.37. The fraction of sp³-hybridized carbons (Fsp3) is 0.467. The van der Waals surface area contributed by atoms with Crippen molar-refractivity contribution in [3.63, 3.8) is 0 Å². The van der Waals surface area contributed by atoms with Crippen molar-refractivity contribution in [1.82, 2.24) is 4.90 Å². The van der Waals surface area contributed by atoms with E-state index in [4.69, 9.17) is 4.74 Å². The van der Waals surface area contributed by atoms with Crippen molar-refractivity contribution in [2.24, 2.45) is 0 Å². The standard InChI is InChI=1S/C15H19NO3/c1-14(2,3)19-13(18)16-9-15(10-16,11-17)12-7-5-4-6-8-12/h4-8,11H,9-10H2,1-3H3. The molecule has 0 unspecified atom stereocenters. The Morgan fingerprint density at radius 2 is 1.84 bits per heavy atom. The van der Waals surface area contributed by atoms with E-state index < -0.39 is 11.0 Å². The molecule has 0 saturated carbocycles. The third kappa shape index (κ3) is 2.78. The second-order valence-electron chi connectivity index (χ2n) is 5.98. The van der Waals surface area contributed by atoms with Crippen LogP contribution < -0.4 is 0 Å². The molecule has 1 aromatic rings. The van der Waals surface area contributed by atoms with Gasteiger partial charge in [0.2, 0.25) is 0 Å². The van der Waals surface area contributed by atoms with E-state index in [1.807, 2.05) is 51.1 Å². The van der Waals surface area contributed by atoms with Crippen LogP contribution in [0, 0.1) is 0 Å². The Hall–Kier alpha value is -1.84. The molecular formula is C15H19NO3. The average molecular weight is 261 g/mol. The van der Waals surface area contributed by atoms with Gasteiger partial charge in [-0.05, 0) is 26.3 Å². The average Bonchev–Trinajstić information content (AvgIpc) is 2.27. The Balaban J connectivity index is 2.04. The molecule has 19 heavy (non-hydrogen) atoms. The molecule has 4 nitrogen and oxygen atoms in total. The molecule has 0 aliphatic carbocycles. The lowest BCUT2D eigenvalue weighted by Gasteiger charge is -2.46. The predicted molar refractivity (Wildman–Crippen MR) is 72.0 cm³/mol. The van der Waals surface area contributed by atoms with Gasteiger partial charge in [0.15, 0.2) is 0 Å². The van der Waals surface area contributed by atoms with E-state index in [1.54, 1.807) is 4.90 Å². The van der Waals surface area contributed by atoms with Gasteiger partial charge in [-0.1, -0.05) is 30.3 Å². The summed E-state index contributed by atoms with van der Waals surface area (Å²) < 4.78 is 5.29. The van der Waals surface area contributed by atoms with Crippen molar-refractivity contribution in [3.8, 4) is 0 Å². The summed E-state index contributed by atoms with van der Waals surface area (Å²) in [5.74, 6) is 0. The maximum atomic E-state index is 11.9. The van der Waals surface area contributed by atoms with Crippen molar-refractivity contribution in [2.75, 3.05) is 13.1 Å². The fourth-order valence-corrected chi connectivity index (χ4v) is 2.19. The Kier molecular flexibility index (Phi) is 3.35. The minimum Gasteiger partial charge on any atom is -0.444 e. The van der Waals surface area contributed by atoms with Gasteiger partial charge in [-0.2, -0.15) is 0 Å². The highest BCUT2D eigenvalue weighted by Crippen LogP contribution is 2.33. The zero-order valence-electron chi connectivity index (χ0n) is 11.6. The summed E-state index contributed by atoms with van der Waals surface area (Å²) in [6.07, 6.45) is 0.573. The van der Waals surface area contributed by atoms with Crippen molar-refractivity contribution in [3.05, 3.63) is 35.9 Å². The number of hydrogen-bond donors (Lipinski definition) is 0. The first-order chi connectivity index (χ1) is 8.86. The molecule has 102 valence electrons. The quantitative estimate of drug-likeness (QED) is 0.768. The molecule has 1 fully saturated rings. The number of amides is 1. The van der Waals surface area contributed by atoms with Crippen LogP contribution in [0.4, 0.5) is 4.79 Å². The maximum absolute atomic E-state index is 11.9. The molecule has 1 saturated heterocycles. The minimum atomic E-state index is -0.571. The first-order valence-corrected chi connectivity index (χ1v) is 6.36.